The molecule has 1 aliphatic rings. The smallest absolute Gasteiger partial charge is 0.191 e. The van der Waals surface area contributed by atoms with E-state index in [0.717, 1.165) is 81.9 Å². The molecule has 1 heterocycles. The molecule has 1 aliphatic heterocycles. The first-order chi connectivity index (χ1) is 15.2. The quantitative estimate of drug-likeness (QED) is 0.263. The summed E-state index contributed by atoms with van der Waals surface area (Å²) in [6.45, 7) is 11.6. The van der Waals surface area contributed by atoms with Crippen LogP contribution in [0.1, 0.15) is 32.3 Å². The zero-order valence-corrected chi connectivity index (χ0v) is 19.6. The van der Waals surface area contributed by atoms with Crippen molar-refractivity contribution >= 4 is 5.96 Å². The summed E-state index contributed by atoms with van der Waals surface area (Å²) in [4.78, 5) is 6.62. The number of likely N-dealkylation sites (N-methyl/N-ethyl adjacent to an activating group) is 1. The molecule has 1 fully saturated rings. The largest absolute Gasteiger partial charge is 0.493 e. The Bertz CT molecular complexity index is 646. The van der Waals surface area contributed by atoms with Crippen LogP contribution in [0.5, 0.6) is 11.5 Å². The molecule has 0 spiro atoms. The Balaban J connectivity index is 1.71. The van der Waals surface area contributed by atoms with E-state index in [1.807, 2.05) is 18.2 Å². The zero-order chi connectivity index (χ0) is 22.3. The van der Waals surface area contributed by atoms with Crippen molar-refractivity contribution in [3.05, 3.63) is 23.8 Å². The van der Waals surface area contributed by atoms with Crippen LogP contribution in [-0.4, -0.2) is 83.7 Å². The van der Waals surface area contributed by atoms with Gasteiger partial charge in [0.05, 0.1) is 19.8 Å². The summed E-state index contributed by atoms with van der Waals surface area (Å²) < 4.78 is 22.6. The number of ether oxygens (including phenoxy) is 4. The van der Waals surface area contributed by atoms with Gasteiger partial charge in [-0.3, -0.25) is 4.99 Å². The van der Waals surface area contributed by atoms with Crippen molar-refractivity contribution in [2.24, 2.45) is 4.99 Å². The third kappa shape index (κ3) is 9.33. The maximum Gasteiger partial charge on any atom is 0.191 e. The number of benzene rings is 1. The number of guanidine groups is 1. The Kier molecular flexibility index (Phi) is 12.1. The van der Waals surface area contributed by atoms with E-state index in [4.69, 9.17) is 18.9 Å². The van der Waals surface area contributed by atoms with Crippen molar-refractivity contribution in [2.45, 2.75) is 39.3 Å². The lowest BCUT2D eigenvalue weighted by Crippen LogP contribution is -2.37. The molecule has 0 aromatic heterocycles. The van der Waals surface area contributed by atoms with Gasteiger partial charge in [0.15, 0.2) is 17.5 Å². The summed E-state index contributed by atoms with van der Waals surface area (Å²) in [7, 11) is 3.44. The minimum atomic E-state index is 0.261. The lowest BCUT2D eigenvalue weighted by Gasteiger charge is -2.19. The van der Waals surface area contributed by atoms with Crippen molar-refractivity contribution in [3.8, 4) is 11.5 Å². The first-order valence-electron chi connectivity index (χ1n) is 11.4. The molecule has 0 amide bonds. The summed E-state index contributed by atoms with van der Waals surface area (Å²) in [5.74, 6) is 2.28. The van der Waals surface area contributed by atoms with Gasteiger partial charge in [0.2, 0.25) is 0 Å². The molecule has 1 aromatic carbocycles. The van der Waals surface area contributed by atoms with E-state index in [1.165, 1.54) is 0 Å². The average molecular weight is 437 g/mol. The highest BCUT2D eigenvalue weighted by Gasteiger charge is 2.15. The van der Waals surface area contributed by atoms with E-state index in [1.54, 1.807) is 14.2 Å². The van der Waals surface area contributed by atoms with Crippen LogP contribution in [0.25, 0.3) is 0 Å². The van der Waals surface area contributed by atoms with Crippen LogP contribution in [0.2, 0.25) is 0 Å². The Hall–Kier alpha value is -2.03. The Morgan fingerprint density at radius 3 is 2.71 bits per heavy atom. The lowest BCUT2D eigenvalue weighted by molar-refractivity contribution is 0.0420. The second-order valence-electron chi connectivity index (χ2n) is 7.42. The molecule has 176 valence electrons. The van der Waals surface area contributed by atoms with Crippen LogP contribution < -0.4 is 20.1 Å². The van der Waals surface area contributed by atoms with E-state index >= 15 is 0 Å². The molecule has 31 heavy (non-hydrogen) atoms. The van der Waals surface area contributed by atoms with Crippen LogP contribution in [0, 0.1) is 0 Å². The molecule has 0 aliphatic carbocycles. The average Bonchev–Trinajstić information content (AvgIpc) is 3.32. The van der Waals surface area contributed by atoms with Crippen LogP contribution in [0.15, 0.2) is 23.2 Å². The van der Waals surface area contributed by atoms with Gasteiger partial charge in [-0.05, 0) is 43.6 Å². The van der Waals surface area contributed by atoms with Crippen LogP contribution >= 0.6 is 0 Å². The fourth-order valence-electron chi connectivity index (χ4n) is 3.35. The molecule has 0 radical (unpaired) electrons. The minimum Gasteiger partial charge on any atom is -0.493 e. The van der Waals surface area contributed by atoms with Crippen molar-refractivity contribution < 1.29 is 18.9 Å². The van der Waals surface area contributed by atoms with E-state index in [0.29, 0.717) is 13.2 Å². The Labute approximate surface area is 187 Å². The number of aliphatic imine (C=N–C) groups is 1. The molecule has 8 nitrogen and oxygen atoms in total. The molecule has 2 N–H and O–H groups in total. The van der Waals surface area contributed by atoms with Crippen LogP contribution in [-0.2, 0) is 16.0 Å². The highest BCUT2D eigenvalue weighted by Crippen LogP contribution is 2.28. The molecule has 1 aromatic rings. The van der Waals surface area contributed by atoms with Crippen molar-refractivity contribution in [2.75, 3.05) is 66.8 Å². The first-order valence-corrected chi connectivity index (χ1v) is 11.4. The summed E-state index contributed by atoms with van der Waals surface area (Å²) >= 11 is 0. The van der Waals surface area contributed by atoms with Crippen molar-refractivity contribution in [1.82, 2.24) is 15.5 Å². The van der Waals surface area contributed by atoms with Gasteiger partial charge in [-0.2, -0.15) is 0 Å². The predicted octanol–water partition coefficient (Wildman–Crippen LogP) is 2.28. The van der Waals surface area contributed by atoms with Crippen molar-refractivity contribution in [3.63, 3.8) is 0 Å². The lowest BCUT2D eigenvalue weighted by atomic mass is 10.2. The van der Waals surface area contributed by atoms with Crippen molar-refractivity contribution in [1.29, 1.82) is 0 Å². The molecule has 0 bridgehead atoms. The van der Waals surface area contributed by atoms with Gasteiger partial charge in [0, 0.05) is 39.9 Å². The van der Waals surface area contributed by atoms with Gasteiger partial charge >= 0.3 is 0 Å². The molecule has 1 atom stereocenters. The molecule has 8 heteroatoms. The number of hydrogen-bond acceptors (Lipinski definition) is 6. The van der Waals surface area contributed by atoms with Gasteiger partial charge in [-0.1, -0.05) is 19.9 Å². The standard InChI is InChI=1S/C23H40N4O4/c1-5-27(6-2)12-15-31-21-9-8-19(16-22(21)28-4)17-26-23(24-3)25-11-7-13-30-20-10-14-29-18-20/h8-9,16,20H,5-7,10-15,17-18H2,1-4H3,(H2,24,25,26). The van der Waals surface area contributed by atoms with Gasteiger partial charge in [0.1, 0.15) is 6.61 Å². The SMILES string of the molecule is CCN(CC)CCOc1ccc(CNC(=NC)NCCCOC2CCOC2)cc1OC. The molecule has 1 saturated heterocycles. The number of hydrogen-bond donors (Lipinski definition) is 2. The van der Waals surface area contributed by atoms with Crippen LogP contribution in [0.4, 0.5) is 0 Å². The highest BCUT2D eigenvalue weighted by atomic mass is 16.5. The van der Waals surface area contributed by atoms with Gasteiger partial charge < -0.3 is 34.5 Å². The van der Waals surface area contributed by atoms with Crippen LogP contribution in [0.3, 0.4) is 0 Å². The Morgan fingerprint density at radius 1 is 1.19 bits per heavy atom. The topological polar surface area (TPSA) is 76.6 Å². The summed E-state index contributed by atoms with van der Waals surface area (Å²) in [5.41, 5.74) is 1.10. The fourth-order valence-corrected chi connectivity index (χ4v) is 3.35. The molecule has 0 saturated carbocycles. The summed E-state index contributed by atoms with van der Waals surface area (Å²) in [5, 5.41) is 6.66. The second kappa shape index (κ2) is 14.9. The van der Waals surface area contributed by atoms with Gasteiger partial charge in [-0.15, -0.1) is 0 Å². The number of nitrogens with zero attached hydrogens (tertiary/aromatic N) is 2. The first kappa shape index (κ1) is 25.2. The fraction of sp³-hybridized carbons (Fsp3) is 0.696. The van der Waals surface area contributed by atoms with E-state index in [9.17, 15) is 0 Å². The van der Waals surface area contributed by atoms with E-state index in [-0.39, 0.29) is 6.10 Å². The molecular weight excluding hydrogens is 396 g/mol. The van der Waals surface area contributed by atoms with E-state index < -0.39 is 0 Å². The zero-order valence-electron chi connectivity index (χ0n) is 19.6. The number of methoxy groups -OCH3 is 1. The normalized spacial score (nSPS) is 16.5. The number of nitrogens with one attached hydrogen (secondary N) is 2. The highest BCUT2D eigenvalue weighted by molar-refractivity contribution is 5.79. The van der Waals surface area contributed by atoms with Gasteiger partial charge in [-0.25, -0.2) is 0 Å². The number of rotatable bonds is 14. The molecular formula is C23H40N4O4. The molecule has 1 unspecified atom stereocenters. The van der Waals surface area contributed by atoms with E-state index in [2.05, 4.69) is 34.4 Å². The maximum atomic E-state index is 5.93. The molecule has 2 rings (SSSR count). The Morgan fingerprint density at radius 2 is 2.03 bits per heavy atom. The minimum absolute atomic E-state index is 0.261. The third-order valence-corrected chi connectivity index (χ3v) is 5.33. The monoisotopic (exact) mass is 436 g/mol. The summed E-state index contributed by atoms with van der Waals surface area (Å²) in [6.07, 6.45) is 2.18. The summed E-state index contributed by atoms with van der Waals surface area (Å²) in [6, 6.07) is 6.02. The second-order valence-corrected chi connectivity index (χ2v) is 7.42. The maximum absolute atomic E-state index is 5.93. The predicted molar refractivity (Wildman–Crippen MR) is 124 cm³/mol. The third-order valence-electron chi connectivity index (χ3n) is 5.33. The van der Waals surface area contributed by atoms with Gasteiger partial charge in [0.25, 0.3) is 0 Å².